The standard InChI is InChI=1S/C13H16F2N2/c1-4-5-8(2)17-9(3)16-11-7-6-10(14)12(15)13(11)17/h6-8H,4-5H2,1-3H3. The Morgan fingerprint density at radius 1 is 1.35 bits per heavy atom. The summed E-state index contributed by atoms with van der Waals surface area (Å²) in [7, 11) is 0. The van der Waals surface area contributed by atoms with E-state index in [4.69, 9.17) is 0 Å². The van der Waals surface area contributed by atoms with E-state index < -0.39 is 11.6 Å². The Bertz CT molecular complexity index is 546. The molecule has 1 aromatic carbocycles. The maximum atomic E-state index is 13.8. The summed E-state index contributed by atoms with van der Waals surface area (Å²) in [4.78, 5) is 4.27. The summed E-state index contributed by atoms with van der Waals surface area (Å²) in [6.45, 7) is 5.90. The molecule has 0 saturated heterocycles. The van der Waals surface area contributed by atoms with Gasteiger partial charge < -0.3 is 4.57 Å². The molecular weight excluding hydrogens is 222 g/mol. The molecule has 1 aromatic heterocycles. The number of hydrogen-bond donors (Lipinski definition) is 0. The van der Waals surface area contributed by atoms with Gasteiger partial charge in [-0.3, -0.25) is 0 Å². The van der Waals surface area contributed by atoms with E-state index in [1.54, 1.807) is 4.57 Å². The van der Waals surface area contributed by atoms with Crippen LogP contribution in [0.5, 0.6) is 0 Å². The van der Waals surface area contributed by atoms with Crippen molar-refractivity contribution in [3.63, 3.8) is 0 Å². The minimum atomic E-state index is -0.817. The zero-order valence-electron chi connectivity index (χ0n) is 10.3. The molecule has 1 atom stereocenters. The zero-order chi connectivity index (χ0) is 12.6. The molecule has 0 radical (unpaired) electrons. The molecule has 0 amide bonds. The molecule has 17 heavy (non-hydrogen) atoms. The average Bonchev–Trinajstić information content (AvgIpc) is 2.61. The first kappa shape index (κ1) is 12.0. The lowest BCUT2D eigenvalue weighted by atomic mass is 10.2. The molecule has 92 valence electrons. The van der Waals surface area contributed by atoms with Gasteiger partial charge in [0.2, 0.25) is 0 Å². The van der Waals surface area contributed by atoms with Gasteiger partial charge in [-0.05, 0) is 32.4 Å². The first-order chi connectivity index (χ1) is 8.06. The fourth-order valence-electron chi connectivity index (χ4n) is 2.33. The Kier molecular flexibility index (Phi) is 3.13. The molecule has 0 aliphatic heterocycles. The fourth-order valence-corrected chi connectivity index (χ4v) is 2.33. The first-order valence-corrected chi connectivity index (χ1v) is 5.88. The molecule has 1 unspecified atom stereocenters. The van der Waals surface area contributed by atoms with Crippen LogP contribution in [0.4, 0.5) is 8.78 Å². The quantitative estimate of drug-likeness (QED) is 0.790. The van der Waals surface area contributed by atoms with E-state index in [0.29, 0.717) is 5.52 Å². The van der Waals surface area contributed by atoms with Gasteiger partial charge in [-0.15, -0.1) is 0 Å². The normalized spacial score (nSPS) is 13.2. The van der Waals surface area contributed by atoms with Crippen LogP contribution in [-0.2, 0) is 0 Å². The van der Waals surface area contributed by atoms with Crippen molar-refractivity contribution in [3.8, 4) is 0 Å². The second kappa shape index (κ2) is 4.43. The molecule has 2 nitrogen and oxygen atoms in total. The molecule has 0 aliphatic rings. The maximum Gasteiger partial charge on any atom is 0.184 e. The van der Waals surface area contributed by atoms with Gasteiger partial charge in [-0.2, -0.15) is 0 Å². The van der Waals surface area contributed by atoms with Crippen LogP contribution in [0.25, 0.3) is 11.0 Å². The van der Waals surface area contributed by atoms with Crippen LogP contribution in [0.3, 0.4) is 0 Å². The number of hydrogen-bond acceptors (Lipinski definition) is 1. The van der Waals surface area contributed by atoms with Gasteiger partial charge in [0.15, 0.2) is 11.6 Å². The highest BCUT2D eigenvalue weighted by molar-refractivity contribution is 5.77. The lowest BCUT2D eigenvalue weighted by Gasteiger charge is -2.15. The van der Waals surface area contributed by atoms with Crippen LogP contribution in [0.2, 0.25) is 0 Å². The summed E-state index contributed by atoms with van der Waals surface area (Å²) >= 11 is 0. The zero-order valence-corrected chi connectivity index (χ0v) is 10.3. The molecule has 2 rings (SSSR count). The van der Waals surface area contributed by atoms with Crippen LogP contribution in [-0.4, -0.2) is 9.55 Å². The third kappa shape index (κ3) is 1.92. The Morgan fingerprint density at radius 2 is 2.06 bits per heavy atom. The Labute approximate surface area is 99.3 Å². The predicted octanol–water partition coefficient (Wildman–Crippen LogP) is 3.98. The van der Waals surface area contributed by atoms with Crippen molar-refractivity contribution >= 4 is 11.0 Å². The number of imidazole rings is 1. The number of fused-ring (bicyclic) bond motifs is 1. The Hall–Kier alpha value is -1.45. The molecule has 0 aliphatic carbocycles. The van der Waals surface area contributed by atoms with Gasteiger partial charge in [0.1, 0.15) is 11.3 Å². The lowest BCUT2D eigenvalue weighted by molar-refractivity contribution is 0.479. The van der Waals surface area contributed by atoms with Crippen molar-refractivity contribution in [2.75, 3.05) is 0 Å². The molecule has 0 N–H and O–H groups in total. The molecule has 2 aromatic rings. The molecule has 0 spiro atoms. The summed E-state index contributed by atoms with van der Waals surface area (Å²) in [6.07, 6.45) is 1.92. The van der Waals surface area contributed by atoms with Crippen molar-refractivity contribution < 1.29 is 8.78 Å². The van der Waals surface area contributed by atoms with Crippen LogP contribution in [0.1, 0.15) is 38.6 Å². The van der Waals surface area contributed by atoms with Crippen molar-refractivity contribution in [1.82, 2.24) is 9.55 Å². The third-order valence-corrected chi connectivity index (χ3v) is 3.07. The Balaban J connectivity index is 2.68. The summed E-state index contributed by atoms with van der Waals surface area (Å²) in [5.74, 6) is -0.890. The fraction of sp³-hybridized carbons (Fsp3) is 0.462. The van der Waals surface area contributed by atoms with Gasteiger partial charge in [0, 0.05) is 6.04 Å². The molecule has 0 bridgehead atoms. The van der Waals surface area contributed by atoms with E-state index in [2.05, 4.69) is 11.9 Å². The van der Waals surface area contributed by atoms with Crippen molar-refractivity contribution in [3.05, 3.63) is 29.6 Å². The Morgan fingerprint density at radius 3 is 2.71 bits per heavy atom. The van der Waals surface area contributed by atoms with E-state index in [1.807, 2.05) is 13.8 Å². The highest BCUT2D eigenvalue weighted by atomic mass is 19.2. The van der Waals surface area contributed by atoms with Gasteiger partial charge in [-0.25, -0.2) is 13.8 Å². The lowest BCUT2D eigenvalue weighted by Crippen LogP contribution is -2.08. The summed E-state index contributed by atoms with van der Waals surface area (Å²) < 4.78 is 28.9. The number of benzene rings is 1. The summed E-state index contributed by atoms with van der Waals surface area (Å²) in [5, 5.41) is 0. The topological polar surface area (TPSA) is 17.8 Å². The first-order valence-electron chi connectivity index (χ1n) is 5.88. The number of aryl methyl sites for hydroxylation is 1. The number of rotatable bonds is 3. The monoisotopic (exact) mass is 238 g/mol. The number of nitrogens with zero attached hydrogens (tertiary/aromatic N) is 2. The van der Waals surface area contributed by atoms with Crippen LogP contribution < -0.4 is 0 Å². The van der Waals surface area contributed by atoms with Gasteiger partial charge >= 0.3 is 0 Å². The predicted molar refractivity (Wildman–Crippen MR) is 64.0 cm³/mol. The number of aromatic nitrogens is 2. The van der Waals surface area contributed by atoms with E-state index in [0.717, 1.165) is 24.7 Å². The smallest absolute Gasteiger partial charge is 0.184 e. The van der Waals surface area contributed by atoms with Gasteiger partial charge in [0.05, 0.1) is 5.52 Å². The average molecular weight is 238 g/mol. The second-order valence-corrected chi connectivity index (χ2v) is 4.40. The summed E-state index contributed by atoms with van der Waals surface area (Å²) in [5.41, 5.74) is 0.799. The molecule has 0 saturated carbocycles. The van der Waals surface area contributed by atoms with E-state index in [1.165, 1.54) is 6.07 Å². The van der Waals surface area contributed by atoms with E-state index in [9.17, 15) is 8.78 Å². The molecule has 4 heteroatoms. The highest BCUT2D eigenvalue weighted by Gasteiger charge is 2.18. The van der Waals surface area contributed by atoms with Gasteiger partial charge in [0.25, 0.3) is 0 Å². The summed E-state index contributed by atoms with van der Waals surface area (Å²) in [6, 6.07) is 2.77. The minimum absolute atomic E-state index is 0.126. The molecule has 1 heterocycles. The largest absolute Gasteiger partial charge is 0.323 e. The van der Waals surface area contributed by atoms with Crippen molar-refractivity contribution in [1.29, 1.82) is 0 Å². The van der Waals surface area contributed by atoms with E-state index in [-0.39, 0.29) is 11.6 Å². The van der Waals surface area contributed by atoms with Crippen molar-refractivity contribution in [2.24, 2.45) is 0 Å². The van der Waals surface area contributed by atoms with Crippen LogP contribution in [0, 0.1) is 18.6 Å². The number of halogens is 2. The van der Waals surface area contributed by atoms with Gasteiger partial charge in [-0.1, -0.05) is 13.3 Å². The van der Waals surface area contributed by atoms with Crippen molar-refractivity contribution in [2.45, 2.75) is 39.7 Å². The third-order valence-electron chi connectivity index (χ3n) is 3.07. The SMILES string of the molecule is CCCC(C)n1c(C)nc2ccc(F)c(F)c21. The minimum Gasteiger partial charge on any atom is -0.323 e. The van der Waals surface area contributed by atoms with Crippen LogP contribution >= 0.6 is 0 Å². The molecular formula is C13H16F2N2. The molecule has 0 fully saturated rings. The van der Waals surface area contributed by atoms with Crippen LogP contribution in [0.15, 0.2) is 12.1 Å². The van der Waals surface area contributed by atoms with E-state index >= 15 is 0 Å². The maximum absolute atomic E-state index is 13.8. The second-order valence-electron chi connectivity index (χ2n) is 4.40. The highest BCUT2D eigenvalue weighted by Crippen LogP contribution is 2.26.